The lowest BCUT2D eigenvalue weighted by Crippen LogP contribution is -2.08. The van der Waals surface area contributed by atoms with Gasteiger partial charge in [-0.1, -0.05) is 6.07 Å². The molecule has 0 aromatic carbocycles. The third-order valence-corrected chi connectivity index (χ3v) is 3.04. The molecule has 2 rings (SSSR count). The first kappa shape index (κ1) is 10.9. The van der Waals surface area contributed by atoms with Gasteiger partial charge in [0.15, 0.2) is 0 Å². The minimum absolute atomic E-state index is 0.688. The van der Waals surface area contributed by atoms with Gasteiger partial charge in [0.05, 0.1) is 5.69 Å². The number of anilines is 1. The largest absolute Gasteiger partial charge is 0.308 e. The van der Waals surface area contributed by atoms with Crippen molar-refractivity contribution in [3.05, 3.63) is 48.4 Å². The van der Waals surface area contributed by atoms with Gasteiger partial charge in [-0.25, -0.2) is 10.8 Å². The van der Waals surface area contributed by atoms with Crippen molar-refractivity contribution in [2.75, 3.05) is 5.43 Å². The summed E-state index contributed by atoms with van der Waals surface area (Å²) in [5, 5.41) is 0. The lowest BCUT2D eigenvalue weighted by atomic mass is 10.4. The molecular weight excluding hydrogens is 220 g/mol. The highest BCUT2D eigenvalue weighted by Gasteiger charge is 1.98. The summed E-state index contributed by atoms with van der Waals surface area (Å²) in [4.78, 5) is 9.49. The number of hydrogen-bond donors (Lipinski definition) is 2. The first-order valence-electron chi connectivity index (χ1n) is 4.84. The molecule has 0 saturated carbocycles. The zero-order valence-electron chi connectivity index (χ0n) is 8.63. The number of nitrogens with zero attached hydrogens (tertiary/aromatic N) is 2. The van der Waals surface area contributed by atoms with Gasteiger partial charge >= 0.3 is 0 Å². The third-order valence-electron chi connectivity index (χ3n) is 1.99. The number of pyridine rings is 2. The van der Waals surface area contributed by atoms with Crippen molar-refractivity contribution >= 4 is 17.6 Å². The van der Waals surface area contributed by atoms with Crippen LogP contribution in [0.4, 0.5) is 5.82 Å². The number of thioether (sulfide) groups is 1. The number of hydrazine groups is 1. The molecule has 82 valence electrons. The molecule has 2 aromatic rings. The molecule has 0 aliphatic rings. The Labute approximate surface area is 98.3 Å². The molecule has 3 N–H and O–H groups in total. The average molecular weight is 232 g/mol. The summed E-state index contributed by atoms with van der Waals surface area (Å²) in [6, 6.07) is 9.71. The predicted molar refractivity (Wildman–Crippen MR) is 65.8 cm³/mol. The van der Waals surface area contributed by atoms with Gasteiger partial charge in [-0.05, 0) is 24.3 Å². The second-order valence-corrected chi connectivity index (χ2v) is 4.18. The number of aromatic nitrogens is 2. The van der Waals surface area contributed by atoms with Crippen LogP contribution < -0.4 is 11.3 Å². The molecule has 5 heteroatoms. The smallest absolute Gasteiger partial charge is 0.140 e. The maximum Gasteiger partial charge on any atom is 0.140 e. The Hall–Kier alpha value is -1.59. The van der Waals surface area contributed by atoms with Crippen LogP contribution in [0.1, 0.15) is 5.69 Å². The van der Waals surface area contributed by atoms with Crippen LogP contribution in [0.3, 0.4) is 0 Å². The number of rotatable bonds is 4. The van der Waals surface area contributed by atoms with E-state index in [1.54, 1.807) is 24.2 Å². The van der Waals surface area contributed by atoms with Gasteiger partial charge in [-0.2, -0.15) is 0 Å². The minimum atomic E-state index is 0.688. The van der Waals surface area contributed by atoms with E-state index in [-0.39, 0.29) is 0 Å². The van der Waals surface area contributed by atoms with Gasteiger partial charge in [-0.15, -0.1) is 11.8 Å². The second-order valence-electron chi connectivity index (χ2n) is 3.13. The number of hydrogen-bond acceptors (Lipinski definition) is 5. The molecule has 0 atom stereocenters. The van der Waals surface area contributed by atoms with Gasteiger partial charge in [0.25, 0.3) is 0 Å². The Bertz CT molecular complexity index is 447. The van der Waals surface area contributed by atoms with Crippen molar-refractivity contribution in [1.82, 2.24) is 9.97 Å². The van der Waals surface area contributed by atoms with Gasteiger partial charge in [-0.3, -0.25) is 4.98 Å². The lowest BCUT2D eigenvalue weighted by molar-refractivity contribution is 1.14. The quantitative estimate of drug-likeness (QED) is 0.480. The fraction of sp³-hybridized carbons (Fsp3) is 0.0909. The molecule has 0 fully saturated rings. The summed E-state index contributed by atoms with van der Waals surface area (Å²) in [5.74, 6) is 6.81. The van der Waals surface area contributed by atoms with Crippen molar-refractivity contribution in [3.63, 3.8) is 0 Å². The van der Waals surface area contributed by atoms with Crippen LogP contribution in [0.15, 0.2) is 47.6 Å². The summed E-state index contributed by atoms with van der Waals surface area (Å²) >= 11 is 1.72. The Morgan fingerprint density at radius 2 is 2.00 bits per heavy atom. The molecular formula is C11H12N4S. The molecule has 2 heterocycles. The van der Waals surface area contributed by atoms with Crippen molar-refractivity contribution in [2.24, 2.45) is 5.84 Å². The Morgan fingerprint density at radius 3 is 2.75 bits per heavy atom. The molecule has 0 amide bonds. The average Bonchev–Trinajstić information content (AvgIpc) is 2.38. The Kier molecular flexibility index (Phi) is 3.74. The van der Waals surface area contributed by atoms with Crippen molar-refractivity contribution < 1.29 is 0 Å². The van der Waals surface area contributed by atoms with Gasteiger partial charge in [0.2, 0.25) is 0 Å². The van der Waals surface area contributed by atoms with E-state index in [0.717, 1.165) is 11.4 Å². The molecule has 0 aliphatic heterocycles. The maximum atomic E-state index is 5.30. The number of nitrogens with one attached hydrogen (secondary N) is 1. The van der Waals surface area contributed by atoms with Crippen LogP contribution >= 0.6 is 11.8 Å². The molecule has 0 spiro atoms. The number of nitrogen functional groups attached to an aromatic ring is 1. The summed E-state index contributed by atoms with van der Waals surface area (Å²) in [6.45, 7) is 0. The van der Waals surface area contributed by atoms with E-state index in [1.807, 2.05) is 30.3 Å². The lowest BCUT2D eigenvalue weighted by Gasteiger charge is -2.03. The van der Waals surface area contributed by atoms with Crippen LogP contribution in [0.2, 0.25) is 0 Å². The molecule has 0 unspecified atom stereocenters. The zero-order valence-corrected chi connectivity index (χ0v) is 9.45. The topological polar surface area (TPSA) is 63.8 Å². The Morgan fingerprint density at radius 1 is 1.19 bits per heavy atom. The molecule has 2 aromatic heterocycles. The fourth-order valence-electron chi connectivity index (χ4n) is 1.23. The van der Waals surface area contributed by atoms with Crippen LogP contribution in [0.5, 0.6) is 0 Å². The maximum absolute atomic E-state index is 5.30. The van der Waals surface area contributed by atoms with E-state index in [0.29, 0.717) is 5.82 Å². The SMILES string of the molecule is NNc1cccc(CSc2ccncc2)n1. The highest BCUT2D eigenvalue weighted by atomic mass is 32.2. The molecule has 16 heavy (non-hydrogen) atoms. The van der Waals surface area contributed by atoms with Gasteiger partial charge in [0.1, 0.15) is 5.82 Å². The predicted octanol–water partition coefficient (Wildman–Crippen LogP) is 2.05. The zero-order chi connectivity index (χ0) is 11.2. The fourth-order valence-corrected chi connectivity index (χ4v) is 2.02. The summed E-state index contributed by atoms with van der Waals surface area (Å²) < 4.78 is 0. The van der Waals surface area contributed by atoms with Crippen LogP contribution in [-0.2, 0) is 5.75 Å². The molecule has 0 bridgehead atoms. The van der Waals surface area contributed by atoms with Crippen LogP contribution in [0.25, 0.3) is 0 Å². The van der Waals surface area contributed by atoms with E-state index >= 15 is 0 Å². The monoisotopic (exact) mass is 232 g/mol. The first-order chi connectivity index (χ1) is 7.88. The molecule has 0 saturated heterocycles. The highest BCUT2D eigenvalue weighted by Crippen LogP contribution is 2.21. The van der Waals surface area contributed by atoms with Crippen molar-refractivity contribution in [2.45, 2.75) is 10.6 Å². The first-order valence-corrected chi connectivity index (χ1v) is 5.82. The van der Waals surface area contributed by atoms with E-state index in [2.05, 4.69) is 15.4 Å². The van der Waals surface area contributed by atoms with Gasteiger partial charge < -0.3 is 5.43 Å². The molecule has 0 aliphatic carbocycles. The van der Waals surface area contributed by atoms with E-state index in [9.17, 15) is 0 Å². The summed E-state index contributed by atoms with van der Waals surface area (Å²) in [6.07, 6.45) is 3.57. The minimum Gasteiger partial charge on any atom is -0.308 e. The summed E-state index contributed by atoms with van der Waals surface area (Å²) in [5.41, 5.74) is 3.53. The third kappa shape index (κ3) is 2.95. The highest BCUT2D eigenvalue weighted by molar-refractivity contribution is 7.98. The van der Waals surface area contributed by atoms with Crippen molar-refractivity contribution in [1.29, 1.82) is 0 Å². The second kappa shape index (κ2) is 5.48. The van der Waals surface area contributed by atoms with E-state index in [1.165, 1.54) is 4.90 Å². The van der Waals surface area contributed by atoms with Gasteiger partial charge in [0, 0.05) is 23.0 Å². The standard InChI is InChI=1S/C11H12N4S/c12-15-11-3-1-2-9(14-11)8-16-10-4-6-13-7-5-10/h1-7H,8,12H2,(H,14,15). The molecule has 0 radical (unpaired) electrons. The van der Waals surface area contributed by atoms with Crippen LogP contribution in [-0.4, -0.2) is 9.97 Å². The van der Waals surface area contributed by atoms with E-state index in [4.69, 9.17) is 5.84 Å². The molecule has 4 nitrogen and oxygen atoms in total. The van der Waals surface area contributed by atoms with Crippen molar-refractivity contribution in [3.8, 4) is 0 Å². The Balaban J connectivity index is 1.99. The van der Waals surface area contributed by atoms with E-state index < -0.39 is 0 Å². The van der Waals surface area contributed by atoms with Crippen LogP contribution in [0, 0.1) is 0 Å². The number of nitrogens with two attached hydrogens (primary N) is 1. The normalized spacial score (nSPS) is 10.1. The summed E-state index contributed by atoms with van der Waals surface area (Å²) in [7, 11) is 0.